The zero-order valence-electron chi connectivity index (χ0n) is 21.0. The number of para-hydroxylation sites is 1. The van der Waals surface area contributed by atoms with Crippen molar-refractivity contribution in [1.29, 1.82) is 0 Å². The minimum absolute atomic E-state index is 0.0486. The molecule has 0 saturated heterocycles. The zero-order chi connectivity index (χ0) is 26.5. The third-order valence-corrected chi connectivity index (χ3v) is 7.44. The Morgan fingerprint density at radius 3 is 2.19 bits per heavy atom. The smallest absolute Gasteiger partial charge is 0.273 e. The van der Waals surface area contributed by atoms with Gasteiger partial charge in [-0.15, -0.1) is 0 Å². The second-order valence-corrected chi connectivity index (χ2v) is 10.2. The Balaban J connectivity index is 1.82. The maximum atomic E-state index is 14.1. The summed E-state index contributed by atoms with van der Waals surface area (Å²) in [5.74, 6) is -1.63. The van der Waals surface area contributed by atoms with Crippen LogP contribution in [0.5, 0.6) is 0 Å². The maximum absolute atomic E-state index is 14.1. The lowest BCUT2D eigenvalue weighted by Gasteiger charge is -2.33. The molecule has 0 spiro atoms. The zero-order valence-corrected chi connectivity index (χ0v) is 21.8. The summed E-state index contributed by atoms with van der Waals surface area (Å²) >= 11 is 0.797. The molecule has 0 aliphatic heterocycles. The van der Waals surface area contributed by atoms with Crippen molar-refractivity contribution in [3.63, 3.8) is 0 Å². The molecular weight excluding hydrogens is 488 g/mol. The van der Waals surface area contributed by atoms with Gasteiger partial charge in [0, 0.05) is 31.5 Å². The van der Waals surface area contributed by atoms with Crippen molar-refractivity contribution < 1.29 is 14.4 Å². The molecule has 0 bridgehead atoms. The van der Waals surface area contributed by atoms with E-state index in [0.29, 0.717) is 11.3 Å². The molecule has 1 aliphatic carbocycles. The van der Waals surface area contributed by atoms with E-state index in [1.54, 1.807) is 24.3 Å². The van der Waals surface area contributed by atoms with E-state index in [1.807, 2.05) is 49.3 Å². The molecule has 1 atom stereocenters. The van der Waals surface area contributed by atoms with E-state index in [4.69, 9.17) is 11.5 Å². The highest BCUT2D eigenvalue weighted by atomic mass is 32.1. The fraction of sp³-hybridized carbons (Fsp3) is 0.333. The lowest BCUT2D eigenvalue weighted by molar-refractivity contribution is -0.123. The summed E-state index contributed by atoms with van der Waals surface area (Å²) in [6.07, 6.45) is 5.08. The molecule has 0 radical (unpaired) electrons. The molecular formula is C27H32N6O3S. The number of rotatable bonds is 8. The average Bonchev–Trinajstić information content (AvgIpc) is 3.29. The second-order valence-electron chi connectivity index (χ2n) is 9.38. The first-order chi connectivity index (χ1) is 17.8. The quantitative estimate of drug-likeness (QED) is 0.414. The molecule has 10 heteroatoms. The van der Waals surface area contributed by atoms with E-state index < -0.39 is 17.9 Å². The van der Waals surface area contributed by atoms with Gasteiger partial charge < -0.3 is 21.7 Å². The summed E-state index contributed by atoms with van der Waals surface area (Å²) in [4.78, 5) is 43.2. The van der Waals surface area contributed by atoms with E-state index in [1.165, 1.54) is 4.90 Å². The van der Waals surface area contributed by atoms with Crippen LogP contribution in [0.25, 0.3) is 0 Å². The molecule has 3 aromatic rings. The Morgan fingerprint density at radius 1 is 0.973 bits per heavy atom. The van der Waals surface area contributed by atoms with E-state index >= 15 is 0 Å². The van der Waals surface area contributed by atoms with Crippen LogP contribution in [0.2, 0.25) is 0 Å². The summed E-state index contributed by atoms with van der Waals surface area (Å²) in [6, 6.07) is 15.6. The predicted molar refractivity (Wildman–Crippen MR) is 147 cm³/mol. The number of benzene rings is 2. The van der Waals surface area contributed by atoms with E-state index in [0.717, 1.165) is 49.3 Å². The van der Waals surface area contributed by atoms with Crippen molar-refractivity contribution >= 4 is 46.3 Å². The van der Waals surface area contributed by atoms with E-state index in [9.17, 15) is 14.4 Å². The van der Waals surface area contributed by atoms with Crippen molar-refractivity contribution in [3.05, 3.63) is 70.7 Å². The Morgan fingerprint density at radius 2 is 1.62 bits per heavy atom. The molecule has 5 N–H and O–H groups in total. The molecule has 0 unspecified atom stereocenters. The third kappa shape index (κ3) is 5.75. The molecule has 1 saturated carbocycles. The van der Waals surface area contributed by atoms with Crippen LogP contribution in [0.3, 0.4) is 0 Å². The van der Waals surface area contributed by atoms with Crippen LogP contribution in [0, 0.1) is 0 Å². The lowest BCUT2D eigenvalue weighted by atomic mass is 9.94. The number of carbonyl (C=O) groups excluding carboxylic acids is 3. The van der Waals surface area contributed by atoms with Gasteiger partial charge in [0.25, 0.3) is 11.8 Å². The van der Waals surface area contributed by atoms with Crippen LogP contribution in [0.15, 0.2) is 54.6 Å². The Hall–Kier alpha value is -3.92. The molecule has 9 nitrogen and oxygen atoms in total. The molecule has 1 aliphatic rings. The van der Waals surface area contributed by atoms with Gasteiger partial charge in [0.1, 0.15) is 10.9 Å². The Bertz CT molecular complexity index is 1250. The highest BCUT2D eigenvalue weighted by Gasteiger charge is 2.36. The minimum Gasteiger partial charge on any atom is -0.395 e. The highest BCUT2D eigenvalue weighted by molar-refractivity contribution is 7.09. The summed E-state index contributed by atoms with van der Waals surface area (Å²) in [7, 11) is 3.87. The number of nitrogens with two attached hydrogens (primary N) is 2. The average molecular weight is 521 g/mol. The molecule has 194 valence electrons. The SMILES string of the molecule is CN(C)c1ccc([C@@H](C(=O)NC2CCCCC2)N(C(=O)c2snc(C(N)=O)c2N)c2ccccc2)cc1. The van der Waals surface area contributed by atoms with Gasteiger partial charge in [0.05, 0.1) is 5.69 Å². The van der Waals surface area contributed by atoms with Gasteiger partial charge in [0.15, 0.2) is 5.69 Å². The molecule has 2 aromatic carbocycles. The van der Waals surface area contributed by atoms with Crippen LogP contribution in [0.1, 0.15) is 63.9 Å². The van der Waals surface area contributed by atoms with Crippen molar-refractivity contribution in [2.45, 2.75) is 44.2 Å². The number of nitrogens with zero attached hydrogens (tertiary/aromatic N) is 3. The van der Waals surface area contributed by atoms with E-state index in [2.05, 4.69) is 9.69 Å². The normalized spacial score (nSPS) is 14.5. The van der Waals surface area contributed by atoms with Crippen LogP contribution in [0.4, 0.5) is 17.1 Å². The highest BCUT2D eigenvalue weighted by Crippen LogP contribution is 2.34. The Kier molecular flexibility index (Phi) is 8.08. The summed E-state index contributed by atoms with van der Waals surface area (Å²) in [5, 5.41) is 3.19. The molecule has 1 heterocycles. The molecule has 1 fully saturated rings. The monoisotopic (exact) mass is 520 g/mol. The number of nitrogens with one attached hydrogen (secondary N) is 1. The predicted octanol–water partition coefficient (Wildman–Crippen LogP) is 3.73. The van der Waals surface area contributed by atoms with Gasteiger partial charge in [0.2, 0.25) is 5.91 Å². The fourth-order valence-electron chi connectivity index (χ4n) is 4.61. The van der Waals surface area contributed by atoms with Crippen molar-refractivity contribution in [2.24, 2.45) is 5.73 Å². The van der Waals surface area contributed by atoms with Gasteiger partial charge in [-0.25, -0.2) is 0 Å². The van der Waals surface area contributed by atoms with Gasteiger partial charge in [-0.05, 0) is 54.2 Å². The van der Waals surface area contributed by atoms with Crippen molar-refractivity contribution in [1.82, 2.24) is 9.69 Å². The van der Waals surface area contributed by atoms with Gasteiger partial charge in [-0.2, -0.15) is 4.37 Å². The standard InChI is InChI=1S/C27H32N6O3S/c1-32(2)19-15-13-17(14-16-19)23(26(35)30-18-9-5-3-6-10-18)33(20-11-7-4-8-12-20)27(36)24-21(28)22(25(29)34)31-37-24/h4,7-8,11-16,18,23H,3,5-6,9-10,28H2,1-2H3,(H2,29,34)(H,30,35)/t23-/m0/s1. The molecule has 37 heavy (non-hydrogen) atoms. The maximum Gasteiger partial charge on any atom is 0.273 e. The minimum atomic E-state index is -0.980. The topological polar surface area (TPSA) is 135 Å². The summed E-state index contributed by atoms with van der Waals surface area (Å²) < 4.78 is 4.00. The number of hydrogen-bond acceptors (Lipinski definition) is 7. The van der Waals surface area contributed by atoms with Crippen LogP contribution in [-0.2, 0) is 4.79 Å². The van der Waals surface area contributed by atoms with Gasteiger partial charge in [-0.1, -0.05) is 49.6 Å². The van der Waals surface area contributed by atoms with E-state index in [-0.39, 0.29) is 28.2 Å². The van der Waals surface area contributed by atoms with Crippen LogP contribution < -0.4 is 26.6 Å². The number of amides is 3. The van der Waals surface area contributed by atoms with Crippen LogP contribution >= 0.6 is 11.5 Å². The fourth-order valence-corrected chi connectivity index (χ4v) is 5.35. The third-order valence-electron chi connectivity index (χ3n) is 6.59. The van der Waals surface area contributed by atoms with Crippen LogP contribution in [-0.4, -0.2) is 42.2 Å². The lowest BCUT2D eigenvalue weighted by Crippen LogP contribution is -2.47. The Labute approximate surface area is 220 Å². The van der Waals surface area contributed by atoms with Crippen molar-refractivity contribution in [3.8, 4) is 0 Å². The number of primary amides is 1. The van der Waals surface area contributed by atoms with Gasteiger partial charge in [-0.3, -0.25) is 19.3 Å². The molecule has 3 amide bonds. The number of anilines is 3. The molecule has 1 aromatic heterocycles. The second kappa shape index (κ2) is 11.4. The number of carbonyl (C=O) groups is 3. The first-order valence-corrected chi connectivity index (χ1v) is 13.1. The summed E-state index contributed by atoms with van der Waals surface area (Å²) in [5.41, 5.74) is 13.4. The number of nitrogen functional groups attached to an aromatic ring is 1. The summed E-state index contributed by atoms with van der Waals surface area (Å²) in [6.45, 7) is 0. The molecule has 4 rings (SSSR count). The van der Waals surface area contributed by atoms with Gasteiger partial charge >= 0.3 is 0 Å². The first kappa shape index (κ1) is 26.2. The van der Waals surface area contributed by atoms with Crippen molar-refractivity contribution in [2.75, 3.05) is 29.6 Å². The number of hydrogen-bond donors (Lipinski definition) is 3. The largest absolute Gasteiger partial charge is 0.395 e. The first-order valence-electron chi connectivity index (χ1n) is 12.3. The number of aromatic nitrogens is 1.